The number of methoxy groups -OCH3 is 1. The minimum atomic E-state index is 0.0383. The monoisotopic (exact) mass is 379 g/mol. The summed E-state index contributed by atoms with van der Waals surface area (Å²) in [7, 11) is 1.78. The van der Waals surface area contributed by atoms with E-state index in [1.807, 2.05) is 6.92 Å². The van der Waals surface area contributed by atoms with Gasteiger partial charge in [0, 0.05) is 29.6 Å². The molecule has 148 valence electrons. The molecule has 1 N–H and O–H groups in total. The van der Waals surface area contributed by atoms with E-state index in [1.54, 1.807) is 7.11 Å². The van der Waals surface area contributed by atoms with Crippen molar-refractivity contribution < 1.29 is 4.74 Å². The van der Waals surface area contributed by atoms with Gasteiger partial charge in [-0.25, -0.2) is 4.98 Å². The Hall–Kier alpha value is -2.14. The number of nitrogens with zero attached hydrogens (tertiary/aromatic N) is 2. The van der Waals surface area contributed by atoms with Crippen LogP contribution in [0.4, 0.5) is 0 Å². The van der Waals surface area contributed by atoms with Crippen LogP contribution in [0.25, 0.3) is 0 Å². The Bertz CT molecular complexity index is 981. The van der Waals surface area contributed by atoms with E-state index in [2.05, 4.69) is 22.0 Å². The van der Waals surface area contributed by atoms with Gasteiger partial charge in [-0.2, -0.15) is 0 Å². The van der Waals surface area contributed by atoms with E-state index < -0.39 is 0 Å². The molecule has 1 unspecified atom stereocenters. The van der Waals surface area contributed by atoms with Gasteiger partial charge < -0.3 is 9.72 Å². The van der Waals surface area contributed by atoms with E-state index >= 15 is 0 Å². The minimum Gasteiger partial charge on any atom is -0.496 e. The van der Waals surface area contributed by atoms with Crippen LogP contribution in [-0.2, 0) is 31.2 Å². The van der Waals surface area contributed by atoms with Crippen molar-refractivity contribution in [1.82, 2.24) is 14.9 Å². The van der Waals surface area contributed by atoms with E-state index in [0.717, 1.165) is 68.1 Å². The van der Waals surface area contributed by atoms with Crippen LogP contribution in [-0.4, -0.2) is 35.1 Å². The first-order valence-corrected chi connectivity index (χ1v) is 10.6. The third-order valence-corrected chi connectivity index (χ3v) is 7.03. The van der Waals surface area contributed by atoms with Gasteiger partial charge in [0.25, 0.3) is 5.56 Å². The Morgan fingerprint density at radius 2 is 2.00 bits per heavy atom. The molecule has 3 aliphatic rings. The Labute approximate surface area is 166 Å². The predicted molar refractivity (Wildman–Crippen MR) is 109 cm³/mol. The number of nitrogens with one attached hydrogen (secondary N) is 1. The van der Waals surface area contributed by atoms with Crippen molar-refractivity contribution in [3.05, 3.63) is 56.3 Å². The predicted octanol–water partition coefficient (Wildman–Crippen LogP) is 3.06. The maximum atomic E-state index is 12.4. The SMILES string of the molecule is COc1cc2c(cc1CN1CCCC3(CCc4c3nc(C)[nH]c4=O)C1)CCC2. The second-order valence-corrected chi connectivity index (χ2v) is 8.86. The second-order valence-electron chi connectivity index (χ2n) is 8.86. The highest BCUT2D eigenvalue weighted by molar-refractivity contribution is 5.45. The Morgan fingerprint density at radius 1 is 1.18 bits per heavy atom. The van der Waals surface area contributed by atoms with E-state index in [4.69, 9.17) is 9.72 Å². The number of likely N-dealkylation sites (tertiary alicyclic amines) is 1. The maximum Gasteiger partial charge on any atom is 0.254 e. The molecule has 1 atom stereocenters. The van der Waals surface area contributed by atoms with Crippen LogP contribution in [0.15, 0.2) is 16.9 Å². The first kappa shape index (κ1) is 17.9. The van der Waals surface area contributed by atoms with Gasteiger partial charge in [0.2, 0.25) is 0 Å². The lowest BCUT2D eigenvalue weighted by molar-refractivity contribution is 0.135. The molecule has 5 heteroatoms. The summed E-state index contributed by atoms with van der Waals surface area (Å²) in [5.74, 6) is 1.76. The molecule has 0 saturated carbocycles. The van der Waals surface area contributed by atoms with Crippen molar-refractivity contribution in [2.24, 2.45) is 0 Å². The number of rotatable bonds is 3. The van der Waals surface area contributed by atoms with Gasteiger partial charge in [0.05, 0.1) is 12.8 Å². The fourth-order valence-electron chi connectivity index (χ4n) is 5.73. The van der Waals surface area contributed by atoms with E-state index in [-0.39, 0.29) is 11.0 Å². The molecule has 2 heterocycles. The first-order valence-electron chi connectivity index (χ1n) is 10.6. The molecule has 0 amide bonds. The van der Waals surface area contributed by atoms with Crippen LogP contribution >= 0.6 is 0 Å². The van der Waals surface area contributed by atoms with Gasteiger partial charge in [-0.1, -0.05) is 6.07 Å². The van der Waals surface area contributed by atoms with E-state index in [1.165, 1.54) is 36.0 Å². The van der Waals surface area contributed by atoms with Crippen molar-refractivity contribution in [2.45, 2.75) is 63.8 Å². The third kappa shape index (κ3) is 2.87. The molecule has 2 aliphatic carbocycles. The fourth-order valence-corrected chi connectivity index (χ4v) is 5.73. The molecule has 1 saturated heterocycles. The van der Waals surface area contributed by atoms with Gasteiger partial charge in [-0.3, -0.25) is 9.69 Å². The van der Waals surface area contributed by atoms with Crippen molar-refractivity contribution in [3.8, 4) is 5.75 Å². The van der Waals surface area contributed by atoms with Crippen LogP contribution in [0, 0.1) is 6.92 Å². The minimum absolute atomic E-state index is 0.0383. The molecule has 5 nitrogen and oxygen atoms in total. The largest absolute Gasteiger partial charge is 0.496 e. The zero-order valence-corrected chi connectivity index (χ0v) is 16.9. The molecule has 2 aromatic rings. The van der Waals surface area contributed by atoms with Gasteiger partial charge in [-0.05, 0) is 75.6 Å². The number of piperidine rings is 1. The Balaban J connectivity index is 1.44. The van der Waals surface area contributed by atoms with Crippen molar-refractivity contribution in [1.29, 1.82) is 0 Å². The molecule has 1 aromatic carbocycles. The lowest BCUT2D eigenvalue weighted by Crippen LogP contribution is -2.45. The summed E-state index contributed by atoms with van der Waals surface area (Å²) >= 11 is 0. The number of aryl methyl sites for hydroxylation is 3. The quantitative estimate of drug-likeness (QED) is 0.891. The topological polar surface area (TPSA) is 58.2 Å². The molecule has 5 rings (SSSR count). The molecular formula is C23H29N3O2. The molecule has 1 aliphatic heterocycles. The number of hydrogen-bond donors (Lipinski definition) is 1. The van der Waals surface area contributed by atoms with Crippen molar-refractivity contribution in [3.63, 3.8) is 0 Å². The van der Waals surface area contributed by atoms with Gasteiger partial charge in [-0.15, -0.1) is 0 Å². The molecule has 0 bridgehead atoms. The van der Waals surface area contributed by atoms with Crippen LogP contribution in [0.3, 0.4) is 0 Å². The highest BCUT2D eigenvalue weighted by Gasteiger charge is 2.44. The standard InChI is InChI=1S/C23H29N3O2/c1-15-24-21-19(22(27)25-15)7-9-23(21)8-4-10-26(14-23)13-18-11-16-5-3-6-17(16)12-20(18)28-2/h11-12H,3-10,13-14H2,1-2H3,(H,24,25,27). The van der Waals surface area contributed by atoms with Crippen LogP contribution in [0.1, 0.15) is 59.5 Å². The molecule has 1 aromatic heterocycles. The van der Waals surface area contributed by atoms with Crippen LogP contribution in [0.5, 0.6) is 5.75 Å². The van der Waals surface area contributed by atoms with Crippen LogP contribution in [0.2, 0.25) is 0 Å². The van der Waals surface area contributed by atoms with Gasteiger partial charge in [0.1, 0.15) is 11.6 Å². The summed E-state index contributed by atoms with van der Waals surface area (Å²) in [6, 6.07) is 4.63. The number of benzene rings is 1. The number of hydrogen-bond acceptors (Lipinski definition) is 4. The molecule has 0 radical (unpaired) electrons. The number of ether oxygens (including phenoxy) is 1. The molecule has 1 fully saturated rings. The molecular weight excluding hydrogens is 350 g/mol. The lowest BCUT2D eigenvalue weighted by atomic mass is 9.77. The number of aromatic nitrogens is 2. The van der Waals surface area contributed by atoms with Crippen molar-refractivity contribution >= 4 is 0 Å². The number of aromatic amines is 1. The summed E-state index contributed by atoms with van der Waals surface area (Å²) in [4.78, 5) is 22.6. The highest BCUT2D eigenvalue weighted by Crippen LogP contribution is 2.43. The summed E-state index contributed by atoms with van der Waals surface area (Å²) in [5.41, 5.74) is 6.35. The van der Waals surface area contributed by atoms with Gasteiger partial charge in [0.15, 0.2) is 0 Å². The smallest absolute Gasteiger partial charge is 0.254 e. The number of H-pyrrole nitrogens is 1. The summed E-state index contributed by atoms with van der Waals surface area (Å²) in [5, 5.41) is 0. The Morgan fingerprint density at radius 3 is 2.82 bits per heavy atom. The zero-order chi connectivity index (χ0) is 19.3. The van der Waals surface area contributed by atoms with E-state index in [9.17, 15) is 4.79 Å². The summed E-state index contributed by atoms with van der Waals surface area (Å²) in [6.45, 7) is 4.88. The van der Waals surface area contributed by atoms with Gasteiger partial charge >= 0.3 is 0 Å². The summed E-state index contributed by atoms with van der Waals surface area (Å²) < 4.78 is 5.73. The maximum absolute atomic E-state index is 12.4. The Kier molecular flexibility index (Phi) is 4.31. The first-order chi connectivity index (χ1) is 13.6. The zero-order valence-electron chi connectivity index (χ0n) is 16.9. The van der Waals surface area contributed by atoms with Crippen LogP contribution < -0.4 is 10.3 Å². The average Bonchev–Trinajstić information content (AvgIpc) is 3.26. The average molecular weight is 380 g/mol. The normalized spacial score (nSPS) is 23.8. The second kappa shape index (κ2) is 6.73. The lowest BCUT2D eigenvalue weighted by Gasteiger charge is -2.40. The third-order valence-electron chi connectivity index (χ3n) is 7.03. The summed E-state index contributed by atoms with van der Waals surface area (Å²) in [6.07, 6.45) is 7.80. The number of fused-ring (bicyclic) bond motifs is 3. The highest BCUT2D eigenvalue weighted by atomic mass is 16.5. The van der Waals surface area contributed by atoms with E-state index in [0.29, 0.717) is 0 Å². The molecule has 28 heavy (non-hydrogen) atoms. The van der Waals surface area contributed by atoms with Crippen molar-refractivity contribution in [2.75, 3.05) is 20.2 Å². The fraction of sp³-hybridized carbons (Fsp3) is 0.565. The molecule has 1 spiro atoms.